The van der Waals surface area contributed by atoms with E-state index in [1.54, 1.807) is 17.0 Å². The van der Waals surface area contributed by atoms with E-state index in [1.165, 1.54) is 24.0 Å². The molecule has 1 atom stereocenters. The number of halogens is 1. The summed E-state index contributed by atoms with van der Waals surface area (Å²) in [5, 5.41) is 0. The Labute approximate surface area is 164 Å². The van der Waals surface area contributed by atoms with Crippen molar-refractivity contribution in [3.05, 3.63) is 71.0 Å². The second-order valence-electron chi connectivity index (χ2n) is 7.16. The van der Waals surface area contributed by atoms with Gasteiger partial charge < -0.3 is 14.5 Å². The lowest BCUT2D eigenvalue weighted by atomic mass is 10.1. The highest BCUT2D eigenvalue weighted by Gasteiger charge is 2.29. The monoisotopic (exact) mass is 384 g/mol. The molecule has 2 aromatic carbocycles. The number of carbonyl (C=O) groups excluding carboxylic acids is 2. The van der Waals surface area contributed by atoms with Crippen molar-refractivity contribution in [2.45, 2.75) is 33.1 Å². The average Bonchev–Trinajstić information content (AvgIpc) is 2.81. The van der Waals surface area contributed by atoms with Crippen molar-refractivity contribution in [3.8, 4) is 0 Å². The summed E-state index contributed by atoms with van der Waals surface area (Å²) in [7, 11) is 0. The minimum Gasteiger partial charge on any atom is -0.370 e. The summed E-state index contributed by atoms with van der Waals surface area (Å²) in [6.07, 6.45) is -0.345. The van der Waals surface area contributed by atoms with E-state index in [1.807, 2.05) is 31.2 Å². The van der Waals surface area contributed by atoms with Crippen LogP contribution in [0.25, 0.3) is 0 Å². The van der Waals surface area contributed by atoms with Crippen LogP contribution in [0.15, 0.2) is 48.5 Å². The van der Waals surface area contributed by atoms with Gasteiger partial charge in [-0.05, 0) is 35.7 Å². The van der Waals surface area contributed by atoms with Gasteiger partial charge in [-0.15, -0.1) is 0 Å². The largest absolute Gasteiger partial charge is 0.370 e. The summed E-state index contributed by atoms with van der Waals surface area (Å²) >= 11 is 0. The van der Waals surface area contributed by atoms with Gasteiger partial charge in [0, 0.05) is 26.6 Å². The van der Waals surface area contributed by atoms with E-state index in [4.69, 9.17) is 4.74 Å². The molecule has 6 heteroatoms. The first kappa shape index (κ1) is 20.0. The second-order valence-corrected chi connectivity index (χ2v) is 7.16. The third kappa shape index (κ3) is 5.16. The standard InChI is InChI=1S/C22H25FN2O3/c1-16-6-3-4-8-19(16)11-25-13-21(12-24(17(2)26)14-22(25)27)28-15-18-7-5-9-20(23)10-18/h3-10,21H,11-15H2,1-2H3. The number of hydrogen-bond acceptors (Lipinski definition) is 3. The average molecular weight is 384 g/mol. The highest BCUT2D eigenvalue weighted by atomic mass is 19.1. The molecular weight excluding hydrogens is 359 g/mol. The van der Waals surface area contributed by atoms with Crippen LogP contribution in [0.3, 0.4) is 0 Å². The molecule has 148 valence electrons. The zero-order valence-corrected chi connectivity index (χ0v) is 16.2. The molecule has 3 rings (SSSR count). The third-order valence-electron chi connectivity index (χ3n) is 4.97. The number of hydrogen-bond donors (Lipinski definition) is 0. The van der Waals surface area contributed by atoms with Gasteiger partial charge in [-0.25, -0.2) is 4.39 Å². The molecule has 0 bridgehead atoms. The highest BCUT2D eigenvalue weighted by molar-refractivity contribution is 5.84. The van der Waals surface area contributed by atoms with E-state index in [0.717, 1.165) is 16.7 Å². The van der Waals surface area contributed by atoms with Gasteiger partial charge in [-0.1, -0.05) is 36.4 Å². The van der Waals surface area contributed by atoms with Gasteiger partial charge in [0.15, 0.2) is 0 Å². The first-order chi connectivity index (χ1) is 13.4. The second kappa shape index (κ2) is 8.97. The first-order valence-electron chi connectivity index (χ1n) is 9.36. The number of rotatable bonds is 5. The summed E-state index contributed by atoms with van der Waals surface area (Å²) in [4.78, 5) is 27.9. The van der Waals surface area contributed by atoms with Crippen molar-refractivity contribution < 1.29 is 18.7 Å². The fourth-order valence-corrected chi connectivity index (χ4v) is 3.31. The minimum absolute atomic E-state index is 0.0427. The van der Waals surface area contributed by atoms with Crippen LogP contribution in [0, 0.1) is 12.7 Å². The summed E-state index contributed by atoms with van der Waals surface area (Å²) in [5.41, 5.74) is 2.90. The number of ether oxygens (including phenoxy) is 1. The lowest BCUT2D eigenvalue weighted by Crippen LogP contribution is -2.38. The molecule has 0 aromatic heterocycles. The van der Waals surface area contributed by atoms with Crippen LogP contribution < -0.4 is 0 Å². The van der Waals surface area contributed by atoms with Crippen LogP contribution >= 0.6 is 0 Å². The smallest absolute Gasteiger partial charge is 0.242 e. The highest BCUT2D eigenvalue weighted by Crippen LogP contribution is 2.16. The predicted molar refractivity (Wildman–Crippen MR) is 104 cm³/mol. The molecule has 2 aromatic rings. The molecule has 1 unspecified atom stereocenters. The molecular formula is C22H25FN2O3. The molecule has 0 N–H and O–H groups in total. The van der Waals surface area contributed by atoms with Gasteiger partial charge >= 0.3 is 0 Å². The SMILES string of the molecule is CC(=O)N1CC(=O)N(Cc2ccccc2C)CC(OCc2cccc(F)c2)C1. The topological polar surface area (TPSA) is 49.9 Å². The minimum atomic E-state index is -0.345. The maximum atomic E-state index is 13.4. The van der Waals surface area contributed by atoms with Crippen molar-refractivity contribution >= 4 is 11.8 Å². The Hall–Kier alpha value is -2.73. The molecule has 1 saturated heterocycles. The Morgan fingerprint density at radius 3 is 2.68 bits per heavy atom. The van der Waals surface area contributed by atoms with Crippen molar-refractivity contribution in [2.24, 2.45) is 0 Å². The number of aryl methyl sites for hydroxylation is 1. The summed E-state index contributed by atoms with van der Waals surface area (Å²) in [6.45, 7) is 4.91. The maximum absolute atomic E-state index is 13.4. The Balaban J connectivity index is 1.74. The summed E-state index contributed by atoms with van der Waals surface area (Å²) in [5.74, 6) is -0.579. The van der Waals surface area contributed by atoms with Crippen molar-refractivity contribution in [1.29, 1.82) is 0 Å². The molecule has 0 radical (unpaired) electrons. The third-order valence-corrected chi connectivity index (χ3v) is 4.97. The lowest BCUT2D eigenvalue weighted by molar-refractivity contribution is -0.137. The molecule has 5 nitrogen and oxygen atoms in total. The Kier molecular flexibility index (Phi) is 6.41. The van der Waals surface area contributed by atoms with Crippen LogP contribution in [0.4, 0.5) is 4.39 Å². The van der Waals surface area contributed by atoms with Gasteiger partial charge in [0.1, 0.15) is 5.82 Å². The summed E-state index contributed by atoms with van der Waals surface area (Å²) < 4.78 is 19.4. The fraction of sp³-hybridized carbons (Fsp3) is 0.364. The van der Waals surface area contributed by atoms with Gasteiger partial charge in [0.2, 0.25) is 11.8 Å². The van der Waals surface area contributed by atoms with Crippen LogP contribution in [0.5, 0.6) is 0 Å². The molecule has 28 heavy (non-hydrogen) atoms. The first-order valence-corrected chi connectivity index (χ1v) is 9.36. The molecule has 2 amide bonds. The zero-order valence-electron chi connectivity index (χ0n) is 16.2. The number of carbonyl (C=O) groups is 2. The fourth-order valence-electron chi connectivity index (χ4n) is 3.31. The van der Waals surface area contributed by atoms with Crippen molar-refractivity contribution in [1.82, 2.24) is 9.80 Å². The van der Waals surface area contributed by atoms with Crippen LogP contribution in [0.1, 0.15) is 23.6 Å². The molecule has 1 aliphatic rings. The van der Waals surface area contributed by atoms with E-state index >= 15 is 0 Å². The summed E-state index contributed by atoms with van der Waals surface area (Å²) in [6, 6.07) is 14.2. The van der Waals surface area contributed by atoms with E-state index in [9.17, 15) is 14.0 Å². The number of benzene rings is 2. The van der Waals surface area contributed by atoms with E-state index < -0.39 is 0 Å². The molecule has 1 heterocycles. The normalized spacial score (nSPS) is 17.5. The molecule has 0 spiro atoms. The van der Waals surface area contributed by atoms with Crippen LogP contribution in [-0.4, -0.2) is 47.4 Å². The number of nitrogens with zero attached hydrogens (tertiary/aromatic N) is 2. The molecule has 0 aliphatic carbocycles. The van der Waals surface area contributed by atoms with Crippen molar-refractivity contribution in [3.63, 3.8) is 0 Å². The van der Waals surface area contributed by atoms with Crippen LogP contribution in [0.2, 0.25) is 0 Å². The van der Waals surface area contributed by atoms with Gasteiger partial charge in [0.05, 0.1) is 19.3 Å². The maximum Gasteiger partial charge on any atom is 0.242 e. The lowest BCUT2D eigenvalue weighted by Gasteiger charge is -2.25. The quantitative estimate of drug-likeness (QED) is 0.797. The molecule has 1 aliphatic heterocycles. The van der Waals surface area contributed by atoms with Crippen molar-refractivity contribution in [2.75, 3.05) is 19.6 Å². The Morgan fingerprint density at radius 1 is 1.18 bits per heavy atom. The Bertz CT molecular complexity index is 855. The predicted octanol–water partition coefficient (Wildman–Crippen LogP) is 2.91. The Morgan fingerprint density at radius 2 is 1.96 bits per heavy atom. The van der Waals surface area contributed by atoms with E-state index in [2.05, 4.69) is 0 Å². The van der Waals surface area contributed by atoms with Gasteiger partial charge in [-0.2, -0.15) is 0 Å². The van der Waals surface area contributed by atoms with Gasteiger partial charge in [-0.3, -0.25) is 9.59 Å². The molecule has 0 saturated carbocycles. The van der Waals surface area contributed by atoms with E-state index in [-0.39, 0.29) is 36.9 Å². The number of amides is 2. The van der Waals surface area contributed by atoms with Gasteiger partial charge in [0.25, 0.3) is 0 Å². The van der Waals surface area contributed by atoms with E-state index in [0.29, 0.717) is 19.6 Å². The molecule has 1 fully saturated rings. The van der Waals surface area contributed by atoms with Crippen LogP contribution in [-0.2, 0) is 27.5 Å². The zero-order chi connectivity index (χ0) is 20.1.